The van der Waals surface area contributed by atoms with Crippen LogP contribution in [0.25, 0.3) is 0 Å². The smallest absolute Gasteiger partial charge is 0.268 e. The molecule has 2 aromatic carbocycles. The highest BCUT2D eigenvalue weighted by Crippen LogP contribution is 2.38. The van der Waals surface area contributed by atoms with Crippen molar-refractivity contribution in [1.82, 2.24) is 4.98 Å². The molecule has 7 nitrogen and oxygen atoms in total. The first kappa shape index (κ1) is 22.9. The number of carbonyl (C=O) groups excluding carboxylic acids is 2. The summed E-state index contributed by atoms with van der Waals surface area (Å²) in [4.78, 5) is 31.4. The van der Waals surface area contributed by atoms with Crippen molar-refractivity contribution in [2.75, 3.05) is 9.62 Å². The lowest BCUT2D eigenvalue weighted by molar-refractivity contribution is 0.0926. The second kappa shape index (κ2) is 7.97. The molecule has 1 N–H and O–H groups in total. The largest absolute Gasteiger partial charge is 0.279 e. The van der Waals surface area contributed by atoms with E-state index in [1.54, 1.807) is 31.3 Å². The van der Waals surface area contributed by atoms with Crippen molar-refractivity contribution in [3.05, 3.63) is 82.1 Å². The van der Waals surface area contributed by atoms with E-state index >= 15 is 0 Å². The number of carbonyl (C=O) groups is 2. The van der Waals surface area contributed by atoms with Gasteiger partial charge in [-0.1, -0.05) is 44.5 Å². The van der Waals surface area contributed by atoms with E-state index in [4.69, 9.17) is 11.6 Å². The van der Waals surface area contributed by atoms with E-state index in [0.29, 0.717) is 0 Å². The number of aryl methyl sites for hydroxylation is 1. The summed E-state index contributed by atoms with van der Waals surface area (Å²) in [7, 11) is -4.03. The van der Waals surface area contributed by atoms with E-state index < -0.39 is 21.8 Å². The van der Waals surface area contributed by atoms with Gasteiger partial charge in [0.05, 0.1) is 38.6 Å². The molecule has 0 unspecified atom stereocenters. The Morgan fingerprint density at radius 2 is 1.58 bits per heavy atom. The van der Waals surface area contributed by atoms with Crippen LogP contribution >= 0.6 is 11.6 Å². The molecule has 1 aliphatic rings. The zero-order chi connectivity index (χ0) is 24.1. The Morgan fingerprint density at radius 3 is 2.18 bits per heavy atom. The van der Waals surface area contributed by atoms with Gasteiger partial charge in [-0.2, -0.15) is 0 Å². The number of halogens is 1. The number of rotatable bonds is 4. The highest BCUT2D eigenvalue weighted by atomic mass is 35.5. The van der Waals surface area contributed by atoms with Crippen LogP contribution in [0.5, 0.6) is 0 Å². The van der Waals surface area contributed by atoms with E-state index in [2.05, 4.69) is 9.71 Å². The van der Waals surface area contributed by atoms with Gasteiger partial charge in [0.25, 0.3) is 21.8 Å². The van der Waals surface area contributed by atoms with Crippen molar-refractivity contribution in [3.63, 3.8) is 0 Å². The zero-order valence-electron chi connectivity index (χ0n) is 18.5. The minimum Gasteiger partial charge on any atom is -0.279 e. The summed E-state index contributed by atoms with van der Waals surface area (Å²) in [6.45, 7) is 7.88. The molecule has 0 spiro atoms. The quantitative estimate of drug-likeness (QED) is 0.530. The third-order valence-electron chi connectivity index (χ3n) is 5.38. The topological polar surface area (TPSA) is 96.4 Å². The van der Waals surface area contributed by atoms with Gasteiger partial charge in [-0.25, -0.2) is 13.3 Å². The van der Waals surface area contributed by atoms with Crippen LogP contribution in [0.2, 0.25) is 5.02 Å². The summed E-state index contributed by atoms with van der Waals surface area (Å²) >= 11 is 6.24. The number of hydrogen-bond donors (Lipinski definition) is 1. The molecule has 33 heavy (non-hydrogen) atoms. The SMILES string of the molecule is Cc1cncc(N2C(=O)c3c(Cl)ccc(NS(=O)(=O)c4ccc(C(C)(C)C)cc4)c3C2=O)c1. The average Bonchev–Trinajstić information content (AvgIpc) is 3.01. The lowest BCUT2D eigenvalue weighted by atomic mass is 9.87. The number of nitrogens with one attached hydrogen (secondary N) is 1. The van der Waals surface area contributed by atoms with E-state index in [1.807, 2.05) is 20.8 Å². The molecule has 0 atom stereocenters. The summed E-state index contributed by atoms with van der Waals surface area (Å²) in [6, 6.07) is 10.9. The summed E-state index contributed by atoms with van der Waals surface area (Å²) in [5, 5.41) is 0.0592. The molecule has 9 heteroatoms. The maximum atomic E-state index is 13.3. The maximum absolute atomic E-state index is 13.3. The monoisotopic (exact) mass is 483 g/mol. The molecule has 3 aromatic rings. The van der Waals surface area contributed by atoms with Gasteiger partial charge >= 0.3 is 0 Å². The number of imide groups is 1. The minimum atomic E-state index is -4.03. The number of nitrogens with zero attached hydrogens (tertiary/aromatic N) is 2. The molecule has 1 aliphatic heterocycles. The van der Waals surface area contributed by atoms with E-state index in [-0.39, 0.29) is 37.8 Å². The Morgan fingerprint density at radius 1 is 0.939 bits per heavy atom. The number of benzene rings is 2. The Hall–Kier alpha value is -3.23. The second-order valence-corrected chi connectivity index (χ2v) is 11.0. The predicted octanol–water partition coefficient (Wildman–Crippen LogP) is 4.94. The van der Waals surface area contributed by atoms with Crippen LogP contribution in [0.3, 0.4) is 0 Å². The molecule has 0 saturated carbocycles. The predicted molar refractivity (Wildman–Crippen MR) is 128 cm³/mol. The van der Waals surface area contributed by atoms with Gasteiger partial charge in [0, 0.05) is 6.20 Å². The molecule has 0 radical (unpaired) electrons. The summed E-state index contributed by atoms with van der Waals surface area (Å²) in [6.07, 6.45) is 2.99. The van der Waals surface area contributed by atoms with E-state index in [1.165, 1.54) is 30.5 Å². The number of hydrogen-bond acceptors (Lipinski definition) is 5. The Labute approximate surface area is 197 Å². The fourth-order valence-corrected chi connectivity index (χ4v) is 4.95. The van der Waals surface area contributed by atoms with E-state index in [9.17, 15) is 18.0 Å². The Balaban J connectivity index is 1.74. The third kappa shape index (κ3) is 4.12. The Kier molecular flexibility index (Phi) is 5.54. The number of anilines is 2. The van der Waals surface area contributed by atoms with Crippen molar-refractivity contribution in [3.8, 4) is 0 Å². The van der Waals surface area contributed by atoms with Gasteiger partial charge in [-0.15, -0.1) is 0 Å². The highest BCUT2D eigenvalue weighted by molar-refractivity contribution is 7.92. The van der Waals surface area contributed by atoms with Gasteiger partial charge in [-0.3, -0.25) is 19.3 Å². The molecule has 170 valence electrons. The zero-order valence-corrected chi connectivity index (χ0v) is 20.1. The second-order valence-electron chi connectivity index (χ2n) is 8.89. The third-order valence-corrected chi connectivity index (χ3v) is 7.08. The van der Waals surface area contributed by atoms with Gasteiger partial charge in [0.15, 0.2) is 0 Å². The first-order valence-electron chi connectivity index (χ1n) is 10.2. The molecule has 1 aromatic heterocycles. The fourth-order valence-electron chi connectivity index (χ4n) is 3.64. The minimum absolute atomic E-state index is 0.0178. The van der Waals surface area contributed by atoms with Crippen molar-refractivity contribution >= 4 is 44.8 Å². The van der Waals surface area contributed by atoms with Crippen LogP contribution in [0.1, 0.15) is 52.6 Å². The maximum Gasteiger partial charge on any atom is 0.268 e. The lowest BCUT2D eigenvalue weighted by Gasteiger charge is -2.19. The van der Waals surface area contributed by atoms with Crippen LogP contribution in [0, 0.1) is 6.92 Å². The molecule has 2 amide bonds. The molecule has 0 fully saturated rings. The average molecular weight is 484 g/mol. The van der Waals surface area contributed by atoms with Gasteiger partial charge in [-0.05, 0) is 53.8 Å². The van der Waals surface area contributed by atoms with E-state index in [0.717, 1.165) is 16.0 Å². The van der Waals surface area contributed by atoms with Gasteiger partial charge in [0.1, 0.15) is 0 Å². The standard InChI is InChI=1S/C24H22ClN3O4S/c1-14-11-16(13-26-12-14)28-22(29)20-18(25)9-10-19(21(20)23(28)30)27-33(31,32)17-7-5-15(6-8-17)24(2,3)4/h5-13,27H,1-4H3. The van der Waals surface area contributed by atoms with Crippen LogP contribution in [0.15, 0.2) is 59.8 Å². The van der Waals surface area contributed by atoms with Crippen LogP contribution in [-0.4, -0.2) is 25.2 Å². The molecule has 2 heterocycles. The van der Waals surface area contributed by atoms with Crippen molar-refractivity contribution < 1.29 is 18.0 Å². The molecular weight excluding hydrogens is 462 g/mol. The highest BCUT2D eigenvalue weighted by Gasteiger charge is 2.41. The summed E-state index contributed by atoms with van der Waals surface area (Å²) < 4.78 is 28.6. The van der Waals surface area contributed by atoms with Gasteiger partial charge < -0.3 is 0 Å². The normalized spacial score (nSPS) is 13.9. The molecule has 0 aliphatic carbocycles. The molecule has 4 rings (SSSR count). The number of amides is 2. The molecule has 0 saturated heterocycles. The molecular formula is C24H22ClN3O4S. The van der Waals surface area contributed by atoms with Crippen LogP contribution < -0.4 is 9.62 Å². The first-order chi connectivity index (χ1) is 15.4. The lowest BCUT2D eigenvalue weighted by Crippen LogP contribution is -2.29. The van der Waals surface area contributed by atoms with Gasteiger partial charge in [0.2, 0.25) is 0 Å². The Bertz CT molecular complexity index is 1390. The van der Waals surface area contributed by atoms with Crippen molar-refractivity contribution in [1.29, 1.82) is 0 Å². The number of fused-ring (bicyclic) bond motifs is 1. The van der Waals surface area contributed by atoms with Crippen molar-refractivity contribution in [2.45, 2.75) is 38.0 Å². The summed E-state index contributed by atoms with van der Waals surface area (Å²) in [5.41, 5.74) is 1.73. The number of pyridine rings is 1. The summed E-state index contributed by atoms with van der Waals surface area (Å²) in [5.74, 6) is -1.31. The van der Waals surface area contributed by atoms with Crippen molar-refractivity contribution in [2.24, 2.45) is 0 Å². The fraction of sp³-hybridized carbons (Fsp3) is 0.208. The number of aromatic nitrogens is 1. The molecule has 0 bridgehead atoms. The van der Waals surface area contributed by atoms with Crippen LogP contribution in [0.4, 0.5) is 11.4 Å². The van der Waals surface area contributed by atoms with Crippen LogP contribution in [-0.2, 0) is 15.4 Å². The number of sulfonamides is 1. The first-order valence-corrected chi connectivity index (χ1v) is 12.0.